The van der Waals surface area contributed by atoms with Crippen molar-refractivity contribution < 1.29 is 19.4 Å². The molecule has 2 fully saturated rings. The third kappa shape index (κ3) is 3.47. The SMILES string of the molecule is CC(C)N(C)C(=O)NC1(C(=O)[OH2+])CC1CN1CCOCC1. The number of amides is 2. The average molecular weight is 300 g/mol. The van der Waals surface area contributed by atoms with Crippen LogP contribution < -0.4 is 5.32 Å². The molecule has 21 heavy (non-hydrogen) atoms. The van der Waals surface area contributed by atoms with E-state index in [0.29, 0.717) is 19.6 Å². The molecule has 1 saturated heterocycles. The highest BCUT2D eigenvalue weighted by atomic mass is 16.5. The predicted molar refractivity (Wildman–Crippen MR) is 78.1 cm³/mol. The first-order chi connectivity index (χ1) is 9.86. The molecule has 0 aromatic rings. The van der Waals surface area contributed by atoms with Crippen molar-refractivity contribution in [1.82, 2.24) is 15.1 Å². The van der Waals surface area contributed by atoms with E-state index < -0.39 is 11.5 Å². The summed E-state index contributed by atoms with van der Waals surface area (Å²) in [4.78, 5) is 27.6. The molecule has 0 aromatic heterocycles. The van der Waals surface area contributed by atoms with Crippen LogP contribution in [0.15, 0.2) is 0 Å². The zero-order valence-corrected chi connectivity index (χ0v) is 13.0. The van der Waals surface area contributed by atoms with E-state index in [-0.39, 0.29) is 18.0 Å². The molecule has 7 nitrogen and oxygen atoms in total. The molecule has 0 radical (unpaired) electrons. The first kappa shape index (κ1) is 16.0. The maximum Gasteiger partial charge on any atom is 0.542 e. The number of hydrogen-bond donors (Lipinski definition) is 1. The van der Waals surface area contributed by atoms with Gasteiger partial charge in [0.25, 0.3) is 0 Å². The van der Waals surface area contributed by atoms with E-state index in [0.717, 1.165) is 19.6 Å². The molecule has 1 aliphatic carbocycles. The lowest BCUT2D eigenvalue weighted by atomic mass is 10.2. The third-order valence-electron chi connectivity index (χ3n) is 4.52. The van der Waals surface area contributed by atoms with Gasteiger partial charge in [-0.3, -0.25) is 4.90 Å². The van der Waals surface area contributed by atoms with Crippen molar-refractivity contribution in [1.29, 1.82) is 0 Å². The number of ether oxygens (including phenoxy) is 1. The lowest BCUT2D eigenvalue weighted by Gasteiger charge is -2.27. The Balaban J connectivity index is 1.93. The van der Waals surface area contributed by atoms with Gasteiger partial charge in [0, 0.05) is 43.4 Å². The lowest BCUT2D eigenvalue weighted by molar-refractivity contribution is -0.141. The number of hydrogen-bond acceptors (Lipinski definition) is 4. The topological polar surface area (TPSA) is 84.8 Å². The number of nitrogens with zero attached hydrogens (tertiary/aromatic N) is 2. The molecule has 0 aromatic carbocycles. The molecule has 1 aliphatic heterocycles. The summed E-state index contributed by atoms with van der Waals surface area (Å²) in [6.07, 6.45) is 0.560. The van der Waals surface area contributed by atoms with Gasteiger partial charge in [-0.2, -0.15) is 0 Å². The van der Waals surface area contributed by atoms with Crippen LogP contribution in [0.1, 0.15) is 20.3 Å². The van der Waals surface area contributed by atoms with Gasteiger partial charge in [0.1, 0.15) is 0 Å². The van der Waals surface area contributed by atoms with Crippen molar-refractivity contribution in [2.24, 2.45) is 5.92 Å². The Morgan fingerprint density at radius 3 is 2.57 bits per heavy atom. The van der Waals surface area contributed by atoms with Gasteiger partial charge < -0.3 is 20.1 Å². The fourth-order valence-corrected chi connectivity index (χ4v) is 2.65. The number of urea groups is 1. The van der Waals surface area contributed by atoms with Gasteiger partial charge in [0.2, 0.25) is 5.54 Å². The summed E-state index contributed by atoms with van der Waals surface area (Å²) in [6, 6.07) is -0.227. The fourth-order valence-electron chi connectivity index (χ4n) is 2.65. The van der Waals surface area contributed by atoms with Crippen molar-refractivity contribution in [2.75, 3.05) is 39.9 Å². The number of morpholine rings is 1. The molecule has 2 atom stereocenters. The van der Waals surface area contributed by atoms with Crippen LogP contribution in [0.25, 0.3) is 0 Å². The van der Waals surface area contributed by atoms with Gasteiger partial charge in [0.15, 0.2) is 0 Å². The quantitative estimate of drug-likeness (QED) is 0.686. The molecule has 120 valence electrons. The van der Waals surface area contributed by atoms with Crippen LogP contribution in [0.3, 0.4) is 0 Å². The zero-order valence-electron chi connectivity index (χ0n) is 13.0. The summed E-state index contributed by atoms with van der Waals surface area (Å²) in [5, 5.41) is 10.3. The van der Waals surface area contributed by atoms with Crippen LogP contribution in [0.5, 0.6) is 0 Å². The molecule has 2 aliphatic rings. The molecule has 2 unspecified atom stereocenters. The molecular weight excluding hydrogens is 274 g/mol. The Hall–Kier alpha value is -1.34. The van der Waals surface area contributed by atoms with Crippen LogP contribution in [-0.2, 0) is 9.53 Å². The first-order valence-electron chi connectivity index (χ1n) is 7.48. The Morgan fingerprint density at radius 2 is 2.05 bits per heavy atom. The second kappa shape index (κ2) is 6.19. The van der Waals surface area contributed by atoms with E-state index in [1.54, 1.807) is 11.9 Å². The number of carbonyl (C=O) groups is 2. The summed E-state index contributed by atoms with van der Waals surface area (Å²) < 4.78 is 5.30. The van der Waals surface area contributed by atoms with Crippen molar-refractivity contribution in [3.8, 4) is 0 Å². The average Bonchev–Trinajstić information content (AvgIpc) is 3.12. The zero-order chi connectivity index (χ0) is 15.6. The standard InChI is InChI=1S/C14H25N3O4/c1-10(2)16(3)13(20)15-14(12(18)19)8-11(14)9-17-4-6-21-7-5-17/h10-11H,4-9H2,1-3H3,(H,15,20)(H,18,19)/p+1. The summed E-state index contributed by atoms with van der Waals surface area (Å²) >= 11 is 0. The second-order valence-electron chi connectivity index (χ2n) is 6.25. The molecule has 2 rings (SSSR count). The van der Waals surface area contributed by atoms with E-state index >= 15 is 0 Å². The van der Waals surface area contributed by atoms with Gasteiger partial charge in [-0.25, -0.2) is 4.79 Å². The monoisotopic (exact) mass is 300 g/mol. The van der Waals surface area contributed by atoms with Gasteiger partial charge in [-0.1, -0.05) is 0 Å². The van der Waals surface area contributed by atoms with Crippen LogP contribution in [-0.4, -0.2) is 78.4 Å². The summed E-state index contributed by atoms with van der Waals surface area (Å²) in [5.74, 6) is -0.656. The van der Waals surface area contributed by atoms with E-state index in [1.165, 1.54) is 0 Å². The van der Waals surface area contributed by atoms with Gasteiger partial charge in [0.05, 0.1) is 13.2 Å². The molecular formula is C14H26N3O4+. The van der Waals surface area contributed by atoms with Crippen molar-refractivity contribution in [2.45, 2.75) is 31.8 Å². The molecule has 0 bridgehead atoms. The Kier molecular flexibility index (Phi) is 4.73. The maximum absolute atomic E-state index is 12.1. The Bertz CT molecular complexity index is 409. The smallest absolute Gasteiger partial charge is 0.542 e. The second-order valence-corrected chi connectivity index (χ2v) is 6.25. The van der Waals surface area contributed by atoms with Crippen LogP contribution in [0.4, 0.5) is 4.79 Å². The first-order valence-corrected chi connectivity index (χ1v) is 7.48. The minimum absolute atomic E-state index is 0.0325. The fraction of sp³-hybridized carbons (Fsp3) is 0.857. The number of carbonyl (C=O) groups excluding carboxylic acids is 2. The lowest BCUT2D eigenvalue weighted by Crippen LogP contribution is -2.52. The summed E-state index contributed by atoms with van der Waals surface area (Å²) in [6.45, 7) is 7.66. The summed E-state index contributed by atoms with van der Waals surface area (Å²) in [7, 11) is 1.70. The maximum atomic E-state index is 12.1. The van der Waals surface area contributed by atoms with Crippen LogP contribution in [0.2, 0.25) is 0 Å². The highest BCUT2D eigenvalue weighted by Gasteiger charge is 2.67. The van der Waals surface area contributed by atoms with Crippen LogP contribution >= 0.6 is 0 Å². The van der Waals surface area contributed by atoms with Crippen molar-refractivity contribution >= 4 is 12.0 Å². The highest BCUT2D eigenvalue weighted by Crippen LogP contribution is 2.44. The van der Waals surface area contributed by atoms with E-state index in [4.69, 9.17) is 9.84 Å². The Morgan fingerprint density at radius 1 is 1.43 bits per heavy atom. The molecule has 3 N–H and O–H groups in total. The van der Waals surface area contributed by atoms with Gasteiger partial charge in [-0.05, 0) is 20.3 Å². The molecule has 7 heteroatoms. The minimum Gasteiger partial charge on any atom is -0.563 e. The molecule has 2 amide bonds. The number of nitrogens with one attached hydrogen (secondary N) is 1. The molecule has 0 spiro atoms. The normalized spacial score (nSPS) is 29.2. The van der Waals surface area contributed by atoms with Crippen molar-refractivity contribution in [3.05, 3.63) is 0 Å². The van der Waals surface area contributed by atoms with Crippen molar-refractivity contribution in [3.63, 3.8) is 0 Å². The largest absolute Gasteiger partial charge is 0.563 e. The van der Waals surface area contributed by atoms with E-state index in [9.17, 15) is 9.59 Å². The summed E-state index contributed by atoms with van der Waals surface area (Å²) in [5.41, 5.74) is -0.988. The predicted octanol–water partition coefficient (Wildman–Crippen LogP) is -0.622. The van der Waals surface area contributed by atoms with E-state index in [1.807, 2.05) is 13.8 Å². The minimum atomic E-state index is -0.988. The van der Waals surface area contributed by atoms with Crippen LogP contribution in [0, 0.1) is 5.92 Å². The molecule has 1 heterocycles. The Labute approximate surface area is 125 Å². The number of rotatable bonds is 5. The van der Waals surface area contributed by atoms with Gasteiger partial charge in [-0.15, -0.1) is 0 Å². The molecule has 1 saturated carbocycles. The van der Waals surface area contributed by atoms with Gasteiger partial charge >= 0.3 is 12.0 Å². The van der Waals surface area contributed by atoms with E-state index in [2.05, 4.69) is 10.2 Å². The third-order valence-corrected chi connectivity index (χ3v) is 4.52. The highest BCUT2D eigenvalue weighted by molar-refractivity contribution is 5.89.